The number of ether oxygens (including phenoxy) is 2. The first-order valence-corrected chi connectivity index (χ1v) is 12.1. The van der Waals surface area contributed by atoms with E-state index in [-0.39, 0.29) is 18.7 Å². The number of methoxy groups -OCH3 is 1. The van der Waals surface area contributed by atoms with Crippen LogP contribution < -0.4 is 0 Å². The molecule has 9 heteroatoms. The minimum Gasteiger partial charge on any atom is -0.468 e. The number of aliphatic imine (C=N–C) groups is 1. The minimum absolute atomic E-state index is 0.102. The zero-order valence-corrected chi connectivity index (χ0v) is 21.1. The molecule has 2 unspecified atom stereocenters. The molecule has 2 aromatic carbocycles. The van der Waals surface area contributed by atoms with Gasteiger partial charge in [0.2, 0.25) is 0 Å². The molecular formula is C29H25N3O6. The minimum atomic E-state index is -0.856. The van der Waals surface area contributed by atoms with Gasteiger partial charge in [0, 0.05) is 28.9 Å². The van der Waals surface area contributed by atoms with E-state index in [9.17, 15) is 19.2 Å². The second kappa shape index (κ2) is 10.0. The van der Waals surface area contributed by atoms with Gasteiger partial charge in [0.1, 0.15) is 12.5 Å². The third kappa shape index (κ3) is 4.26. The number of allylic oxidation sites excluding steroid dienone is 1. The van der Waals surface area contributed by atoms with Gasteiger partial charge in [-0.05, 0) is 43.7 Å². The van der Waals surface area contributed by atoms with Crippen LogP contribution in [0.2, 0.25) is 0 Å². The summed E-state index contributed by atoms with van der Waals surface area (Å²) < 4.78 is 10.6. The van der Waals surface area contributed by atoms with Crippen LogP contribution in [0.3, 0.4) is 0 Å². The molecule has 1 aromatic heterocycles. The number of rotatable bonds is 6. The molecule has 0 radical (unpaired) electrons. The van der Waals surface area contributed by atoms with E-state index in [1.807, 2.05) is 30.3 Å². The average Bonchev–Trinajstić information content (AvgIpc) is 3.16. The summed E-state index contributed by atoms with van der Waals surface area (Å²) in [6.45, 7) is 3.08. The number of hydrogen-bond acceptors (Lipinski definition) is 8. The van der Waals surface area contributed by atoms with Crippen molar-refractivity contribution in [2.24, 2.45) is 10.9 Å². The molecule has 5 rings (SSSR count). The number of amides is 2. The SMILES string of the molecule is COC(=O)C1C(C)=NC(C)=C(C(=O)OCCN2C(=O)c3ccccc3C2=O)C1c1cnc2ccccc2c1. The van der Waals surface area contributed by atoms with Crippen LogP contribution in [0.15, 0.2) is 77.1 Å². The van der Waals surface area contributed by atoms with Gasteiger partial charge >= 0.3 is 11.9 Å². The standard InChI is InChI=1S/C29H25N3O6/c1-16-23(28(35)37-3)25(19-14-18-8-4-7-11-22(18)30-15-19)24(17(2)31-16)29(36)38-13-12-32-26(33)20-9-5-6-10-21(20)27(32)34/h4-11,14-15,23,25H,12-13H2,1-3H3. The van der Waals surface area contributed by atoms with Gasteiger partial charge in [-0.15, -0.1) is 0 Å². The van der Waals surface area contributed by atoms with Gasteiger partial charge in [-0.1, -0.05) is 30.3 Å². The lowest BCUT2D eigenvalue weighted by atomic mass is 9.76. The molecule has 3 heterocycles. The van der Waals surface area contributed by atoms with Crippen LogP contribution in [0.5, 0.6) is 0 Å². The van der Waals surface area contributed by atoms with Gasteiger partial charge in [0.25, 0.3) is 11.8 Å². The Hall–Kier alpha value is -4.66. The molecular weight excluding hydrogens is 486 g/mol. The molecule has 0 aliphatic carbocycles. The largest absolute Gasteiger partial charge is 0.468 e. The number of carbonyl (C=O) groups excluding carboxylic acids is 4. The highest BCUT2D eigenvalue weighted by molar-refractivity contribution is 6.21. The van der Waals surface area contributed by atoms with Crippen LogP contribution in [0.4, 0.5) is 0 Å². The van der Waals surface area contributed by atoms with Gasteiger partial charge in [-0.25, -0.2) is 4.79 Å². The molecule has 2 amide bonds. The second-order valence-electron chi connectivity index (χ2n) is 9.14. The molecule has 0 saturated carbocycles. The highest BCUT2D eigenvalue weighted by Crippen LogP contribution is 2.40. The Morgan fingerprint density at radius 3 is 2.32 bits per heavy atom. The number of pyridine rings is 1. The molecule has 0 fully saturated rings. The summed E-state index contributed by atoms with van der Waals surface area (Å²) in [5, 5.41) is 0.852. The Kier molecular flexibility index (Phi) is 6.59. The van der Waals surface area contributed by atoms with E-state index in [2.05, 4.69) is 9.98 Å². The third-order valence-corrected chi connectivity index (χ3v) is 6.90. The summed E-state index contributed by atoms with van der Waals surface area (Å²) in [5.74, 6) is -3.69. The molecule has 3 aromatic rings. The van der Waals surface area contributed by atoms with Gasteiger partial charge in [-0.2, -0.15) is 0 Å². The first-order chi connectivity index (χ1) is 18.3. The van der Waals surface area contributed by atoms with E-state index < -0.39 is 35.6 Å². The molecule has 0 spiro atoms. The number of aromatic nitrogens is 1. The predicted octanol–water partition coefficient (Wildman–Crippen LogP) is 3.70. The number of carbonyl (C=O) groups is 4. The average molecular weight is 512 g/mol. The Labute approximate surface area is 218 Å². The van der Waals surface area contributed by atoms with E-state index >= 15 is 0 Å². The van der Waals surface area contributed by atoms with Gasteiger partial charge in [0.05, 0.1) is 35.9 Å². The number of imide groups is 1. The Bertz CT molecular complexity index is 1520. The van der Waals surface area contributed by atoms with E-state index in [0.29, 0.717) is 28.1 Å². The van der Waals surface area contributed by atoms with Crippen LogP contribution >= 0.6 is 0 Å². The van der Waals surface area contributed by atoms with Crippen molar-refractivity contribution in [3.63, 3.8) is 0 Å². The molecule has 2 atom stereocenters. The summed E-state index contributed by atoms with van der Waals surface area (Å²) in [4.78, 5) is 61.7. The number of benzene rings is 2. The summed E-state index contributed by atoms with van der Waals surface area (Å²) in [7, 11) is 1.29. The van der Waals surface area contributed by atoms with Gasteiger partial charge < -0.3 is 9.47 Å². The lowest BCUT2D eigenvalue weighted by Gasteiger charge is -2.31. The maximum atomic E-state index is 13.5. The highest BCUT2D eigenvalue weighted by Gasteiger charge is 2.43. The van der Waals surface area contributed by atoms with Gasteiger partial charge in [0.15, 0.2) is 0 Å². The summed E-state index contributed by atoms with van der Waals surface area (Å²) in [5.41, 5.74) is 3.18. The monoisotopic (exact) mass is 511 g/mol. The van der Waals surface area contributed by atoms with Crippen molar-refractivity contribution in [3.8, 4) is 0 Å². The highest BCUT2D eigenvalue weighted by atomic mass is 16.5. The van der Waals surface area contributed by atoms with Crippen LogP contribution in [0.25, 0.3) is 10.9 Å². The summed E-state index contributed by atoms with van der Waals surface area (Å²) >= 11 is 0. The molecule has 0 bridgehead atoms. The summed E-state index contributed by atoms with van der Waals surface area (Å²) in [6.07, 6.45) is 1.64. The topological polar surface area (TPSA) is 115 Å². The maximum absolute atomic E-state index is 13.5. The molecule has 9 nitrogen and oxygen atoms in total. The fraction of sp³-hybridized carbons (Fsp3) is 0.241. The van der Waals surface area contributed by atoms with Crippen LogP contribution in [0, 0.1) is 5.92 Å². The lowest BCUT2D eigenvalue weighted by Crippen LogP contribution is -2.37. The van der Waals surface area contributed by atoms with Crippen molar-refractivity contribution in [2.75, 3.05) is 20.3 Å². The number of nitrogens with zero attached hydrogens (tertiary/aromatic N) is 3. The smallest absolute Gasteiger partial charge is 0.336 e. The normalized spacial score (nSPS) is 18.9. The van der Waals surface area contributed by atoms with Crippen LogP contribution in [-0.2, 0) is 19.1 Å². The Balaban J connectivity index is 1.42. The Morgan fingerprint density at radius 2 is 1.63 bits per heavy atom. The third-order valence-electron chi connectivity index (χ3n) is 6.90. The fourth-order valence-corrected chi connectivity index (χ4v) is 5.10. The zero-order chi connectivity index (χ0) is 27.0. The quantitative estimate of drug-likeness (QED) is 0.366. The van der Waals surface area contributed by atoms with Crippen molar-refractivity contribution < 1.29 is 28.7 Å². The number of esters is 2. The van der Waals surface area contributed by atoms with Crippen LogP contribution in [-0.4, -0.2) is 59.6 Å². The summed E-state index contributed by atoms with van der Waals surface area (Å²) in [6, 6.07) is 16.0. The fourth-order valence-electron chi connectivity index (χ4n) is 5.10. The number of para-hydroxylation sites is 1. The molecule has 0 saturated heterocycles. The van der Waals surface area contributed by atoms with Gasteiger partial charge in [-0.3, -0.25) is 29.3 Å². The first kappa shape index (κ1) is 25.0. The van der Waals surface area contributed by atoms with E-state index in [1.165, 1.54) is 7.11 Å². The lowest BCUT2D eigenvalue weighted by molar-refractivity contribution is -0.144. The number of fused-ring (bicyclic) bond motifs is 2. The van der Waals surface area contributed by atoms with E-state index in [0.717, 1.165) is 15.8 Å². The van der Waals surface area contributed by atoms with Crippen molar-refractivity contribution in [3.05, 3.63) is 88.8 Å². The Morgan fingerprint density at radius 1 is 0.974 bits per heavy atom. The van der Waals surface area contributed by atoms with Crippen LogP contribution in [0.1, 0.15) is 46.0 Å². The number of hydrogen-bond donors (Lipinski definition) is 0. The molecule has 38 heavy (non-hydrogen) atoms. The molecule has 192 valence electrons. The second-order valence-corrected chi connectivity index (χ2v) is 9.14. The molecule has 2 aliphatic heterocycles. The van der Waals surface area contributed by atoms with Crippen molar-refractivity contribution >= 4 is 40.4 Å². The molecule has 0 N–H and O–H groups in total. The zero-order valence-electron chi connectivity index (χ0n) is 21.1. The first-order valence-electron chi connectivity index (χ1n) is 12.1. The maximum Gasteiger partial charge on any atom is 0.336 e. The van der Waals surface area contributed by atoms with Crippen molar-refractivity contribution in [2.45, 2.75) is 19.8 Å². The van der Waals surface area contributed by atoms with E-state index in [1.54, 1.807) is 44.3 Å². The van der Waals surface area contributed by atoms with Crippen molar-refractivity contribution in [1.82, 2.24) is 9.88 Å². The predicted molar refractivity (Wildman–Crippen MR) is 139 cm³/mol. The van der Waals surface area contributed by atoms with E-state index in [4.69, 9.17) is 9.47 Å². The molecule has 2 aliphatic rings. The van der Waals surface area contributed by atoms with Crippen molar-refractivity contribution in [1.29, 1.82) is 0 Å².